The topological polar surface area (TPSA) is 60.7 Å². The van der Waals surface area contributed by atoms with E-state index in [-0.39, 0.29) is 11.8 Å². The monoisotopic (exact) mass is 393 g/mol. The molecule has 3 N–H and O–H groups in total. The molecule has 0 saturated carbocycles. The van der Waals surface area contributed by atoms with Crippen LogP contribution in [0.1, 0.15) is 34.0 Å². The molecule has 0 radical (unpaired) electrons. The highest BCUT2D eigenvalue weighted by atomic mass is 79.9. The van der Waals surface area contributed by atoms with Gasteiger partial charge in [-0.15, -0.1) is 0 Å². The Hall–Kier alpha value is -2.53. The largest absolute Gasteiger partial charge is 0.361 e. The van der Waals surface area contributed by atoms with Gasteiger partial charge in [0.2, 0.25) is 0 Å². The van der Waals surface area contributed by atoms with Crippen molar-refractivity contribution in [2.45, 2.75) is 12.3 Å². The first-order valence-electron chi connectivity index (χ1n) is 8.38. The highest BCUT2D eigenvalue weighted by molar-refractivity contribution is 9.10. The average molecular weight is 394 g/mol. The molecule has 4 nitrogen and oxygen atoms in total. The summed E-state index contributed by atoms with van der Waals surface area (Å²) in [5.41, 5.74) is 5.13. The summed E-state index contributed by atoms with van der Waals surface area (Å²) in [5.74, 6) is 0.130. The van der Waals surface area contributed by atoms with Crippen LogP contribution in [0.15, 0.2) is 53.1 Å². The number of nitrogens with one attached hydrogen (secondary N) is 3. The fourth-order valence-corrected chi connectivity index (χ4v) is 4.61. The minimum Gasteiger partial charge on any atom is -0.361 e. The highest BCUT2D eigenvalue weighted by Gasteiger charge is 2.30. The molecule has 0 fully saturated rings. The number of hydrogen-bond acceptors (Lipinski definition) is 1. The van der Waals surface area contributed by atoms with Crippen molar-refractivity contribution >= 4 is 43.6 Å². The fraction of sp³-hybridized carbons (Fsp3) is 0.150. The van der Waals surface area contributed by atoms with Crippen LogP contribution in [-0.4, -0.2) is 22.4 Å². The van der Waals surface area contributed by atoms with Gasteiger partial charge in [0, 0.05) is 44.9 Å². The minimum absolute atomic E-state index is 0.0207. The van der Waals surface area contributed by atoms with E-state index < -0.39 is 0 Å². The van der Waals surface area contributed by atoms with Gasteiger partial charge < -0.3 is 15.3 Å². The molecular weight excluding hydrogens is 378 g/mol. The van der Waals surface area contributed by atoms with Crippen LogP contribution in [0.2, 0.25) is 0 Å². The molecule has 0 aliphatic carbocycles. The number of aromatic amines is 2. The van der Waals surface area contributed by atoms with Crippen molar-refractivity contribution in [1.29, 1.82) is 0 Å². The maximum atomic E-state index is 12.6. The molecule has 1 aliphatic heterocycles. The summed E-state index contributed by atoms with van der Waals surface area (Å²) in [6, 6.07) is 14.3. The lowest BCUT2D eigenvalue weighted by atomic mass is 9.87. The molecule has 0 saturated heterocycles. The van der Waals surface area contributed by atoms with Crippen LogP contribution in [0.3, 0.4) is 0 Å². The maximum Gasteiger partial charge on any atom is 0.268 e. The van der Waals surface area contributed by atoms with E-state index in [0.29, 0.717) is 12.2 Å². The van der Waals surface area contributed by atoms with Crippen molar-refractivity contribution in [2.75, 3.05) is 6.54 Å². The number of carbonyl (C=O) groups excluding carboxylic acids is 1. The first kappa shape index (κ1) is 14.8. The van der Waals surface area contributed by atoms with Gasteiger partial charge in [0.25, 0.3) is 5.91 Å². The Bertz CT molecular complexity index is 1120. The van der Waals surface area contributed by atoms with E-state index in [1.165, 1.54) is 10.9 Å². The summed E-state index contributed by atoms with van der Waals surface area (Å²) in [6.45, 7) is 0.664. The Morgan fingerprint density at radius 2 is 1.88 bits per heavy atom. The van der Waals surface area contributed by atoms with E-state index in [1.807, 2.05) is 24.3 Å². The van der Waals surface area contributed by atoms with E-state index in [4.69, 9.17) is 0 Å². The van der Waals surface area contributed by atoms with E-state index in [0.717, 1.165) is 32.9 Å². The average Bonchev–Trinajstić information content (AvgIpc) is 3.18. The van der Waals surface area contributed by atoms with Gasteiger partial charge in [-0.3, -0.25) is 4.79 Å². The molecule has 124 valence electrons. The van der Waals surface area contributed by atoms with Gasteiger partial charge in [-0.1, -0.05) is 40.2 Å². The number of benzene rings is 2. The van der Waals surface area contributed by atoms with Crippen molar-refractivity contribution in [2.24, 2.45) is 0 Å². The molecule has 2 aromatic heterocycles. The van der Waals surface area contributed by atoms with Crippen LogP contribution in [-0.2, 0) is 0 Å². The molecule has 25 heavy (non-hydrogen) atoms. The lowest BCUT2D eigenvalue weighted by molar-refractivity contribution is 0.0952. The Labute approximate surface area is 152 Å². The maximum absolute atomic E-state index is 12.6. The molecule has 3 heterocycles. The van der Waals surface area contributed by atoms with E-state index >= 15 is 0 Å². The molecule has 0 spiro atoms. The summed E-state index contributed by atoms with van der Waals surface area (Å²) in [6.07, 6.45) is 2.95. The number of fused-ring (bicyclic) bond motifs is 4. The number of carbonyl (C=O) groups is 1. The van der Waals surface area contributed by atoms with E-state index in [2.05, 4.69) is 55.6 Å². The van der Waals surface area contributed by atoms with Crippen LogP contribution in [0.4, 0.5) is 0 Å². The van der Waals surface area contributed by atoms with E-state index in [9.17, 15) is 4.79 Å². The number of para-hydroxylation sites is 1. The quantitative estimate of drug-likeness (QED) is 0.432. The molecule has 5 heteroatoms. The number of amides is 1. The van der Waals surface area contributed by atoms with Crippen LogP contribution in [0.5, 0.6) is 0 Å². The van der Waals surface area contributed by atoms with Gasteiger partial charge in [0.1, 0.15) is 5.69 Å². The Kier molecular flexibility index (Phi) is 3.25. The minimum atomic E-state index is -0.0207. The van der Waals surface area contributed by atoms with E-state index in [1.54, 1.807) is 0 Å². The predicted octanol–water partition coefficient (Wildman–Crippen LogP) is 4.68. The Morgan fingerprint density at radius 3 is 2.80 bits per heavy atom. The molecule has 2 aromatic carbocycles. The lowest BCUT2D eigenvalue weighted by Gasteiger charge is -2.15. The molecule has 4 aromatic rings. The van der Waals surface area contributed by atoms with Crippen LogP contribution in [0.25, 0.3) is 21.8 Å². The number of hydrogen-bond donors (Lipinski definition) is 3. The van der Waals surface area contributed by atoms with Crippen LogP contribution >= 0.6 is 15.9 Å². The van der Waals surface area contributed by atoms with Gasteiger partial charge in [-0.2, -0.15) is 0 Å². The third kappa shape index (κ3) is 2.15. The summed E-state index contributed by atoms with van der Waals surface area (Å²) in [7, 11) is 0. The van der Waals surface area contributed by atoms with Gasteiger partial charge >= 0.3 is 0 Å². The Balaban J connectivity index is 1.82. The summed E-state index contributed by atoms with van der Waals surface area (Å²) in [5, 5.41) is 5.34. The van der Waals surface area contributed by atoms with Crippen LogP contribution < -0.4 is 5.32 Å². The van der Waals surface area contributed by atoms with Crippen molar-refractivity contribution in [3.63, 3.8) is 0 Å². The molecule has 1 aliphatic rings. The highest BCUT2D eigenvalue weighted by Crippen LogP contribution is 2.41. The molecule has 0 bridgehead atoms. The number of aromatic nitrogens is 2. The zero-order valence-corrected chi connectivity index (χ0v) is 15.0. The molecule has 1 unspecified atom stereocenters. The smallest absolute Gasteiger partial charge is 0.268 e. The van der Waals surface area contributed by atoms with Crippen molar-refractivity contribution in [1.82, 2.24) is 15.3 Å². The Morgan fingerprint density at radius 1 is 1.04 bits per heavy atom. The van der Waals surface area contributed by atoms with Gasteiger partial charge in [-0.05, 0) is 35.7 Å². The second-order valence-electron chi connectivity index (χ2n) is 6.46. The first-order valence-corrected chi connectivity index (χ1v) is 9.17. The predicted molar refractivity (Wildman–Crippen MR) is 103 cm³/mol. The first-order chi connectivity index (χ1) is 12.2. The number of halogens is 1. The zero-order chi connectivity index (χ0) is 17.0. The number of rotatable bonds is 1. The molecular formula is C20H16BrN3O. The van der Waals surface area contributed by atoms with Gasteiger partial charge in [-0.25, -0.2) is 0 Å². The molecule has 1 atom stereocenters. The summed E-state index contributed by atoms with van der Waals surface area (Å²) >= 11 is 3.69. The third-order valence-corrected chi connectivity index (χ3v) is 5.76. The lowest BCUT2D eigenvalue weighted by Crippen LogP contribution is -2.23. The molecule has 5 rings (SSSR count). The molecule has 1 amide bonds. The number of H-pyrrole nitrogens is 2. The fourth-order valence-electron chi connectivity index (χ4n) is 4.02. The van der Waals surface area contributed by atoms with Crippen molar-refractivity contribution in [3.8, 4) is 0 Å². The standard InChI is InChI=1S/C20H16BrN3O/c21-14-5-3-7-16-18(14)13(10-23-16)11-8-9-22-20(25)19-17(11)12-4-1-2-6-15(12)24-19/h1-7,10-11,23-24H,8-9H2,(H,22,25). The second-order valence-corrected chi connectivity index (χ2v) is 7.32. The van der Waals surface area contributed by atoms with Gasteiger partial charge in [0.15, 0.2) is 0 Å². The van der Waals surface area contributed by atoms with Crippen molar-refractivity contribution < 1.29 is 4.79 Å². The second kappa shape index (κ2) is 5.49. The van der Waals surface area contributed by atoms with Crippen molar-refractivity contribution in [3.05, 3.63) is 70.0 Å². The third-order valence-electron chi connectivity index (χ3n) is 5.10. The summed E-state index contributed by atoms with van der Waals surface area (Å²) in [4.78, 5) is 19.3. The summed E-state index contributed by atoms with van der Waals surface area (Å²) < 4.78 is 1.08. The van der Waals surface area contributed by atoms with Gasteiger partial charge in [0.05, 0.1) is 0 Å². The van der Waals surface area contributed by atoms with Crippen LogP contribution in [0, 0.1) is 0 Å². The SMILES string of the molecule is O=C1NCCC(c2c[nH]c3cccc(Br)c23)c2c1[nH]c1ccccc21. The zero-order valence-electron chi connectivity index (χ0n) is 13.4. The normalized spacial score (nSPS) is 17.5.